The topological polar surface area (TPSA) is 98.8 Å². The summed E-state index contributed by atoms with van der Waals surface area (Å²) in [5.74, 6) is 1.68. The van der Waals surface area contributed by atoms with E-state index in [1.165, 1.54) is 0 Å². The van der Waals surface area contributed by atoms with Crippen LogP contribution in [0.5, 0.6) is 0 Å². The molecule has 0 saturated heterocycles. The fourth-order valence-corrected chi connectivity index (χ4v) is 4.60. The summed E-state index contributed by atoms with van der Waals surface area (Å²) < 4.78 is 10.3. The summed E-state index contributed by atoms with van der Waals surface area (Å²) in [5.41, 5.74) is 0.977. The molecule has 0 aromatic heterocycles. The third-order valence-corrected chi connectivity index (χ3v) is 6.46. The molecule has 0 bridgehead atoms. The summed E-state index contributed by atoms with van der Waals surface area (Å²) in [5, 5.41) is 2.93. The van der Waals surface area contributed by atoms with Crippen LogP contribution in [0, 0.1) is 5.92 Å². The predicted molar refractivity (Wildman–Crippen MR) is 119 cm³/mol. The first-order chi connectivity index (χ1) is 14.5. The van der Waals surface area contributed by atoms with Crippen LogP contribution in [0.25, 0.3) is 0 Å². The lowest BCUT2D eigenvalue weighted by molar-refractivity contribution is -0.191. The summed E-state index contributed by atoms with van der Waals surface area (Å²) in [6, 6.07) is 9.76. The Morgan fingerprint density at radius 2 is 1.63 bits per heavy atom. The maximum absolute atomic E-state index is 11.9. The number of benzene rings is 1. The molecule has 30 heavy (non-hydrogen) atoms. The molecule has 0 aliphatic rings. The minimum absolute atomic E-state index is 0.0532. The van der Waals surface area contributed by atoms with Gasteiger partial charge in [0.1, 0.15) is 6.61 Å². The number of hydrogen-bond acceptors (Lipinski definition) is 8. The Morgan fingerprint density at radius 1 is 1.03 bits per heavy atom. The number of rotatable bonds is 13. The first-order valence-electron chi connectivity index (χ1n) is 9.85. The van der Waals surface area contributed by atoms with Crippen molar-refractivity contribution in [3.63, 3.8) is 0 Å². The van der Waals surface area contributed by atoms with Crippen molar-refractivity contribution in [2.24, 2.45) is 5.92 Å². The van der Waals surface area contributed by atoms with Crippen molar-refractivity contribution in [1.82, 2.24) is 5.32 Å². The van der Waals surface area contributed by atoms with E-state index >= 15 is 0 Å². The second-order valence-corrected chi connectivity index (χ2v) is 8.97. The van der Waals surface area contributed by atoms with E-state index in [4.69, 9.17) is 19.1 Å². The van der Waals surface area contributed by atoms with Gasteiger partial charge in [-0.05, 0) is 31.7 Å². The number of esters is 1. The number of carbonyl (C=O) groups excluding carboxylic acids is 4. The van der Waals surface area contributed by atoms with Gasteiger partial charge in [0, 0.05) is 17.5 Å². The van der Waals surface area contributed by atoms with Gasteiger partial charge in [0.05, 0.1) is 12.5 Å². The molecule has 2 atom stereocenters. The maximum Gasteiger partial charge on any atom is 0.407 e. The molecule has 1 amide bonds. The van der Waals surface area contributed by atoms with Gasteiger partial charge >= 0.3 is 18.2 Å². The van der Waals surface area contributed by atoms with Gasteiger partial charge in [-0.3, -0.25) is 4.79 Å². The van der Waals surface area contributed by atoms with E-state index in [0.29, 0.717) is 6.61 Å². The van der Waals surface area contributed by atoms with Crippen molar-refractivity contribution < 1.29 is 28.7 Å². The molecule has 1 aromatic rings. The summed E-state index contributed by atoms with van der Waals surface area (Å²) in [6.07, 6.45) is 2.46. The van der Waals surface area contributed by atoms with Crippen LogP contribution in [0.2, 0.25) is 0 Å². The first-order valence-corrected chi connectivity index (χ1v) is 12.3. The third kappa shape index (κ3) is 15.0. The lowest BCUT2D eigenvalue weighted by Crippen LogP contribution is -2.35. The van der Waals surface area contributed by atoms with Crippen LogP contribution >= 0.6 is 21.6 Å². The molecule has 0 radical (unpaired) electrons. The van der Waals surface area contributed by atoms with Crippen molar-refractivity contribution in [2.75, 3.05) is 18.1 Å². The molecule has 0 saturated carbocycles. The quantitative estimate of drug-likeness (QED) is 0.263. The van der Waals surface area contributed by atoms with Crippen molar-refractivity contribution in [1.29, 1.82) is 0 Å². The highest BCUT2D eigenvalue weighted by atomic mass is 33.1. The zero-order chi connectivity index (χ0) is 22.6. The van der Waals surface area contributed by atoms with E-state index < -0.39 is 0 Å². The largest absolute Gasteiger partial charge is 0.466 e. The molecule has 0 heterocycles. The Hall–Kier alpha value is -1.96. The van der Waals surface area contributed by atoms with E-state index in [-0.39, 0.29) is 36.8 Å². The van der Waals surface area contributed by atoms with Gasteiger partial charge in [-0.25, -0.2) is 4.79 Å². The van der Waals surface area contributed by atoms with Crippen LogP contribution < -0.4 is 5.32 Å². The van der Waals surface area contributed by atoms with E-state index in [1.807, 2.05) is 44.2 Å². The van der Waals surface area contributed by atoms with Gasteiger partial charge in [0.25, 0.3) is 0 Å². The Labute approximate surface area is 186 Å². The normalized spacial score (nSPS) is 11.8. The highest BCUT2D eigenvalue weighted by Crippen LogP contribution is 2.25. The van der Waals surface area contributed by atoms with Crippen LogP contribution in [0.4, 0.5) is 4.79 Å². The van der Waals surface area contributed by atoms with Crippen molar-refractivity contribution in [3.8, 4) is 0 Å². The van der Waals surface area contributed by atoms with Crippen molar-refractivity contribution in [2.45, 2.75) is 52.7 Å². The number of amides is 1. The monoisotopic (exact) mass is 457 g/mol. The molecule has 168 valence electrons. The second kappa shape index (κ2) is 19.0. The van der Waals surface area contributed by atoms with E-state index in [0.717, 1.165) is 36.3 Å². The van der Waals surface area contributed by atoms with Gasteiger partial charge in [0.15, 0.2) is 0 Å². The number of ether oxygens (including phenoxy) is 2. The number of hydrogen-bond donors (Lipinski definition) is 1. The SMILES string of the molecule is CCOC(=O)[C@@H](C)CCSSCC[C@@H](CC)NC(=O)OCc1ccccc1.O=C=O. The highest BCUT2D eigenvalue weighted by molar-refractivity contribution is 8.76. The van der Waals surface area contributed by atoms with Crippen molar-refractivity contribution >= 4 is 39.8 Å². The fourth-order valence-electron chi connectivity index (χ4n) is 2.25. The van der Waals surface area contributed by atoms with E-state index in [2.05, 4.69) is 12.2 Å². The molecule has 1 aromatic carbocycles. The van der Waals surface area contributed by atoms with Gasteiger partial charge in [-0.2, -0.15) is 9.59 Å². The van der Waals surface area contributed by atoms with Crippen LogP contribution in [0.15, 0.2) is 30.3 Å². The van der Waals surface area contributed by atoms with Gasteiger partial charge in [-0.1, -0.05) is 65.8 Å². The highest BCUT2D eigenvalue weighted by Gasteiger charge is 2.14. The molecular formula is C21H31NO6S2. The Bertz CT molecular complexity index is 623. The minimum atomic E-state index is -0.369. The Balaban J connectivity index is 0.00000263. The minimum Gasteiger partial charge on any atom is -0.466 e. The van der Waals surface area contributed by atoms with Gasteiger partial charge < -0.3 is 14.8 Å². The average molecular weight is 458 g/mol. The summed E-state index contributed by atoms with van der Waals surface area (Å²) >= 11 is 0. The molecule has 1 rings (SSSR count). The smallest absolute Gasteiger partial charge is 0.407 e. The van der Waals surface area contributed by atoms with E-state index in [9.17, 15) is 9.59 Å². The molecule has 7 nitrogen and oxygen atoms in total. The van der Waals surface area contributed by atoms with E-state index in [1.54, 1.807) is 21.6 Å². The molecule has 0 spiro atoms. The van der Waals surface area contributed by atoms with Crippen molar-refractivity contribution in [3.05, 3.63) is 35.9 Å². The zero-order valence-electron chi connectivity index (χ0n) is 17.8. The van der Waals surface area contributed by atoms with Crippen LogP contribution in [0.3, 0.4) is 0 Å². The first kappa shape index (κ1) is 28.0. The zero-order valence-corrected chi connectivity index (χ0v) is 19.4. The van der Waals surface area contributed by atoms with Crippen LogP contribution in [-0.4, -0.2) is 42.4 Å². The predicted octanol–water partition coefficient (Wildman–Crippen LogP) is 4.47. The van der Waals surface area contributed by atoms with Gasteiger partial charge in [-0.15, -0.1) is 0 Å². The lowest BCUT2D eigenvalue weighted by atomic mass is 10.1. The fraction of sp³-hybridized carbons (Fsp3) is 0.571. The second-order valence-electron chi connectivity index (χ2n) is 6.27. The summed E-state index contributed by atoms with van der Waals surface area (Å²) in [7, 11) is 3.53. The number of alkyl carbamates (subject to hydrolysis) is 1. The Morgan fingerprint density at radius 3 is 2.20 bits per heavy atom. The molecule has 0 fully saturated rings. The Kier molecular flexibility index (Phi) is 17.8. The molecule has 9 heteroatoms. The number of carbonyl (C=O) groups is 2. The average Bonchev–Trinajstić information content (AvgIpc) is 2.75. The molecule has 0 unspecified atom stereocenters. The lowest BCUT2D eigenvalue weighted by Gasteiger charge is -2.16. The summed E-state index contributed by atoms with van der Waals surface area (Å²) in [6.45, 7) is 6.50. The molecule has 1 N–H and O–H groups in total. The van der Waals surface area contributed by atoms with Crippen LogP contribution in [0.1, 0.15) is 45.6 Å². The molecule has 0 aliphatic carbocycles. The molecule has 0 aliphatic heterocycles. The van der Waals surface area contributed by atoms with Gasteiger partial charge in [0.2, 0.25) is 0 Å². The maximum atomic E-state index is 11.9. The molecular weight excluding hydrogens is 426 g/mol. The van der Waals surface area contributed by atoms with Crippen LogP contribution in [-0.2, 0) is 30.5 Å². The number of nitrogens with one attached hydrogen (secondary N) is 1. The standard InChI is InChI=1S/C20H31NO4S2.CO2/c1-4-18(21-20(23)25-15-17-9-7-6-8-10-17)12-14-27-26-13-11-16(3)19(22)24-5-2;2-1-3/h6-10,16,18H,4-5,11-15H2,1-3H3,(H,21,23);/t16-,18+;/m0./s1. The summed E-state index contributed by atoms with van der Waals surface area (Å²) in [4.78, 5) is 39.7. The third-order valence-electron chi connectivity index (χ3n) is 3.98.